The van der Waals surface area contributed by atoms with Gasteiger partial charge in [0, 0.05) is 36.1 Å². The Hall–Kier alpha value is -4.88. The largest absolute Gasteiger partial charge is 0.493 e. The van der Waals surface area contributed by atoms with E-state index in [2.05, 4.69) is 10.0 Å². The van der Waals surface area contributed by atoms with Crippen molar-refractivity contribution in [2.75, 3.05) is 13.2 Å². The highest BCUT2D eigenvalue weighted by atomic mass is 19.1. The number of ether oxygens (including phenoxy) is 1. The second-order valence-corrected chi connectivity index (χ2v) is 11.0. The summed E-state index contributed by atoms with van der Waals surface area (Å²) in [5.74, 6) is -0.195. The van der Waals surface area contributed by atoms with Crippen molar-refractivity contribution in [2.24, 2.45) is 5.11 Å². The molecule has 2 heterocycles. The van der Waals surface area contributed by atoms with E-state index in [-0.39, 0.29) is 18.1 Å². The summed E-state index contributed by atoms with van der Waals surface area (Å²) < 4.78 is 22.3. The van der Waals surface area contributed by atoms with Crippen molar-refractivity contribution in [1.29, 1.82) is 0 Å². The molecule has 5 rings (SSSR count). The van der Waals surface area contributed by atoms with Gasteiger partial charge in [-0.25, -0.2) is 14.4 Å². The van der Waals surface area contributed by atoms with Crippen molar-refractivity contribution in [1.82, 2.24) is 14.4 Å². The Balaban J connectivity index is 1.28. The van der Waals surface area contributed by atoms with Crippen LogP contribution in [0.25, 0.3) is 27.3 Å². The molecule has 2 aromatic heterocycles. The van der Waals surface area contributed by atoms with Crippen LogP contribution in [-0.2, 0) is 12.8 Å². The lowest BCUT2D eigenvalue weighted by atomic mass is 10.1. The Morgan fingerprint density at radius 3 is 2.34 bits per heavy atom. The quantitative estimate of drug-likeness (QED) is 0.0567. The number of azide groups is 1. The lowest BCUT2D eigenvalue weighted by Crippen LogP contribution is -2.01. The van der Waals surface area contributed by atoms with Gasteiger partial charge in [-0.3, -0.25) is 4.40 Å². The van der Waals surface area contributed by atoms with Crippen molar-refractivity contribution in [3.8, 4) is 22.9 Å². The molecule has 0 aliphatic carbocycles. The minimum Gasteiger partial charge on any atom is -0.493 e. The van der Waals surface area contributed by atoms with Gasteiger partial charge in [0.15, 0.2) is 17.2 Å². The second kappa shape index (κ2) is 15.0. The normalized spacial score (nSPS) is 11.0. The molecule has 0 saturated carbocycles. The first-order valence-electron chi connectivity index (χ1n) is 15.1. The zero-order valence-corrected chi connectivity index (χ0v) is 25.0. The van der Waals surface area contributed by atoms with Crippen LogP contribution in [0.2, 0.25) is 0 Å². The van der Waals surface area contributed by atoms with E-state index in [4.69, 9.17) is 20.2 Å². The van der Waals surface area contributed by atoms with Crippen LogP contribution < -0.4 is 4.74 Å². The van der Waals surface area contributed by atoms with Gasteiger partial charge in [-0.05, 0) is 48.6 Å². The SMILES string of the molecule is Cc1ccc(-c2cn3c(O)c(Cc4ccc(OCCCCCCCCN=[N+]=[N-])c(F)c4)nc3c(Cc3ccccc3)n2)cc1. The molecule has 0 atom stereocenters. The molecule has 0 fully saturated rings. The number of unbranched alkanes of at least 4 members (excludes halogenated alkanes) is 5. The smallest absolute Gasteiger partial charge is 0.219 e. The van der Waals surface area contributed by atoms with Crippen molar-refractivity contribution in [2.45, 2.75) is 58.3 Å². The fourth-order valence-electron chi connectivity index (χ4n) is 5.22. The van der Waals surface area contributed by atoms with Crippen LogP contribution in [0.4, 0.5) is 4.39 Å². The van der Waals surface area contributed by atoms with Gasteiger partial charge in [0.1, 0.15) is 5.69 Å². The van der Waals surface area contributed by atoms with Crippen molar-refractivity contribution in [3.63, 3.8) is 0 Å². The molecule has 0 bridgehead atoms. The minimum atomic E-state index is -0.433. The minimum absolute atomic E-state index is 0.0172. The monoisotopic (exact) mass is 592 g/mol. The summed E-state index contributed by atoms with van der Waals surface area (Å²) in [6, 6.07) is 23.1. The third-order valence-electron chi connectivity index (χ3n) is 7.62. The van der Waals surface area contributed by atoms with E-state index in [9.17, 15) is 9.50 Å². The average Bonchev–Trinajstić information content (AvgIpc) is 3.34. The zero-order chi connectivity index (χ0) is 30.7. The van der Waals surface area contributed by atoms with Crippen molar-refractivity contribution < 1.29 is 14.2 Å². The molecule has 0 spiro atoms. The molecule has 0 aliphatic rings. The average molecular weight is 593 g/mol. The molecule has 3 aromatic carbocycles. The van der Waals surface area contributed by atoms with Crippen LogP contribution in [0.5, 0.6) is 11.6 Å². The number of benzene rings is 3. The highest BCUT2D eigenvalue weighted by Crippen LogP contribution is 2.29. The van der Waals surface area contributed by atoms with E-state index in [1.807, 2.05) is 67.6 Å². The molecule has 1 N–H and O–H groups in total. The number of imidazole rings is 1. The standard InChI is InChI=1S/C35H37FN6O2/c1-25-13-16-28(17-14-25)32-24-42-34(30(39-32)22-26-11-7-6-8-12-26)40-31(35(42)43)23-27-15-18-33(29(36)21-27)44-20-10-5-3-2-4-9-19-38-41-37/h6-8,11-18,21,24,43H,2-5,9-10,19-20,22-23H2,1H3. The maximum Gasteiger partial charge on any atom is 0.219 e. The van der Waals surface area contributed by atoms with Gasteiger partial charge in [0.05, 0.1) is 18.0 Å². The van der Waals surface area contributed by atoms with E-state index in [1.54, 1.807) is 16.7 Å². The molecule has 44 heavy (non-hydrogen) atoms. The Kier molecular flexibility index (Phi) is 10.4. The summed E-state index contributed by atoms with van der Waals surface area (Å²) in [7, 11) is 0. The van der Waals surface area contributed by atoms with Gasteiger partial charge < -0.3 is 9.84 Å². The third-order valence-corrected chi connectivity index (χ3v) is 7.62. The Morgan fingerprint density at radius 1 is 0.864 bits per heavy atom. The number of aromatic hydroxyl groups is 1. The van der Waals surface area contributed by atoms with Crippen LogP contribution in [0.3, 0.4) is 0 Å². The van der Waals surface area contributed by atoms with Gasteiger partial charge in [0.25, 0.3) is 0 Å². The molecule has 0 aliphatic heterocycles. The first-order chi connectivity index (χ1) is 21.5. The van der Waals surface area contributed by atoms with Crippen LogP contribution >= 0.6 is 0 Å². The molecule has 8 nitrogen and oxygen atoms in total. The highest BCUT2D eigenvalue weighted by Gasteiger charge is 2.19. The van der Waals surface area contributed by atoms with Crippen molar-refractivity contribution >= 4 is 5.65 Å². The van der Waals surface area contributed by atoms with Gasteiger partial charge in [-0.15, -0.1) is 0 Å². The molecular weight excluding hydrogens is 555 g/mol. The maximum atomic E-state index is 15.0. The third kappa shape index (κ3) is 7.94. The van der Waals surface area contributed by atoms with Crippen LogP contribution in [-0.4, -0.2) is 32.6 Å². The predicted molar refractivity (Wildman–Crippen MR) is 170 cm³/mol. The van der Waals surface area contributed by atoms with E-state index < -0.39 is 5.82 Å². The Morgan fingerprint density at radius 2 is 1.59 bits per heavy atom. The van der Waals surface area contributed by atoms with Crippen LogP contribution in [0, 0.1) is 12.7 Å². The Labute approximate surface area is 256 Å². The lowest BCUT2D eigenvalue weighted by molar-refractivity contribution is 0.290. The fraction of sp³-hybridized carbons (Fsp3) is 0.314. The second-order valence-electron chi connectivity index (χ2n) is 11.0. The first kappa shape index (κ1) is 30.6. The summed E-state index contributed by atoms with van der Waals surface area (Å²) in [4.78, 5) is 12.5. The van der Waals surface area contributed by atoms with Crippen LogP contribution in [0.1, 0.15) is 66.6 Å². The molecule has 5 aromatic rings. The Bertz CT molecular complexity index is 1730. The van der Waals surface area contributed by atoms with E-state index in [0.29, 0.717) is 36.5 Å². The lowest BCUT2D eigenvalue weighted by Gasteiger charge is -2.09. The van der Waals surface area contributed by atoms with Gasteiger partial charge in [-0.1, -0.05) is 97.0 Å². The summed E-state index contributed by atoms with van der Waals surface area (Å²) in [6.45, 7) is 3.04. The topological polar surface area (TPSA) is 108 Å². The van der Waals surface area contributed by atoms with Crippen LogP contribution in [0.15, 0.2) is 84.1 Å². The highest BCUT2D eigenvalue weighted by molar-refractivity contribution is 5.63. The van der Waals surface area contributed by atoms with E-state index in [0.717, 1.165) is 66.6 Å². The number of aryl methyl sites for hydroxylation is 1. The molecule has 226 valence electrons. The molecule has 0 amide bonds. The molecule has 0 radical (unpaired) electrons. The maximum absolute atomic E-state index is 15.0. The summed E-state index contributed by atoms with van der Waals surface area (Å²) in [5, 5.41) is 14.8. The fourth-order valence-corrected chi connectivity index (χ4v) is 5.22. The number of halogens is 1. The summed E-state index contributed by atoms with van der Waals surface area (Å²) in [5.41, 5.74) is 14.7. The summed E-state index contributed by atoms with van der Waals surface area (Å²) in [6.07, 6.45) is 8.56. The molecule has 0 saturated heterocycles. The van der Waals surface area contributed by atoms with E-state index >= 15 is 0 Å². The van der Waals surface area contributed by atoms with Gasteiger partial charge >= 0.3 is 0 Å². The zero-order valence-electron chi connectivity index (χ0n) is 25.0. The number of nitrogens with zero attached hydrogens (tertiary/aromatic N) is 6. The number of rotatable bonds is 15. The molecule has 9 heteroatoms. The summed E-state index contributed by atoms with van der Waals surface area (Å²) >= 11 is 0. The van der Waals surface area contributed by atoms with Crippen molar-refractivity contribution in [3.05, 3.63) is 123 Å². The molecule has 0 unspecified atom stereocenters. The van der Waals surface area contributed by atoms with Gasteiger partial charge in [-0.2, -0.15) is 0 Å². The molecular formula is C35H37FN6O2. The predicted octanol–water partition coefficient (Wildman–Crippen LogP) is 8.76. The number of fused-ring (bicyclic) bond motifs is 1. The first-order valence-corrected chi connectivity index (χ1v) is 15.1. The number of hydrogen-bond donors (Lipinski definition) is 1. The number of hydrogen-bond acceptors (Lipinski definition) is 5. The van der Waals surface area contributed by atoms with E-state index in [1.165, 1.54) is 6.07 Å². The van der Waals surface area contributed by atoms with Gasteiger partial charge in [0.2, 0.25) is 5.88 Å². The number of aromatic nitrogens is 3.